The molecule has 0 bridgehead atoms. The average Bonchev–Trinajstić information content (AvgIpc) is 2.43. The second-order valence-corrected chi connectivity index (χ2v) is 8.08. The van der Waals surface area contributed by atoms with Gasteiger partial charge in [0.2, 0.25) is 0 Å². The topological polar surface area (TPSA) is 52.6 Å². The Hall–Kier alpha value is -1.16. The molecule has 21 heavy (non-hydrogen) atoms. The molecule has 116 valence electrons. The van der Waals surface area contributed by atoms with Crippen LogP contribution in [0.4, 0.5) is 0 Å². The molecule has 0 spiro atoms. The summed E-state index contributed by atoms with van der Waals surface area (Å²) in [5.74, 6) is -1.12. The van der Waals surface area contributed by atoms with Crippen molar-refractivity contribution >= 4 is 31.4 Å². The normalized spacial score (nSPS) is 12.8. The monoisotopic (exact) mass is 358 g/mol. The molecule has 0 unspecified atom stereocenters. The Morgan fingerprint density at radius 1 is 1.19 bits per heavy atom. The van der Waals surface area contributed by atoms with Gasteiger partial charge in [-0.05, 0) is 0 Å². The molecule has 0 fully saturated rings. The third-order valence-electron chi connectivity index (χ3n) is 2.75. The molecule has 0 N–H and O–H groups in total. The first-order valence-corrected chi connectivity index (χ1v) is 8.88. The number of carbonyl (C=O) groups is 2. The molecule has 0 aliphatic carbocycles. The van der Waals surface area contributed by atoms with Crippen LogP contribution in [0.1, 0.15) is 27.2 Å². The van der Waals surface area contributed by atoms with E-state index in [-0.39, 0.29) is 15.0 Å². The zero-order chi connectivity index (χ0) is 15.9. The van der Waals surface area contributed by atoms with E-state index >= 15 is 0 Å². The third kappa shape index (κ3) is 6.42. The van der Waals surface area contributed by atoms with Crippen LogP contribution >= 0.6 is 0 Å². The van der Waals surface area contributed by atoms with Gasteiger partial charge in [0.15, 0.2) is 0 Å². The van der Waals surface area contributed by atoms with Crippen molar-refractivity contribution in [2.24, 2.45) is 5.41 Å². The molecule has 1 rings (SSSR count). The second kappa shape index (κ2) is 8.32. The summed E-state index contributed by atoms with van der Waals surface area (Å²) in [6.07, 6.45) is -0.122. The zero-order valence-corrected chi connectivity index (χ0v) is 14.6. The average molecular weight is 357 g/mol. The quantitative estimate of drug-likeness (QED) is 0.444. The number of benzene rings is 1. The van der Waals surface area contributed by atoms with E-state index in [4.69, 9.17) is 9.47 Å². The first-order chi connectivity index (χ1) is 9.84. The number of ether oxygens (including phenoxy) is 2. The van der Waals surface area contributed by atoms with Gasteiger partial charge >= 0.3 is 132 Å². The Kier molecular flexibility index (Phi) is 7.09. The van der Waals surface area contributed by atoms with Crippen LogP contribution in [0.25, 0.3) is 0 Å². The van der Waals surface area contributed by atoms with Gasteiger partial charge in [0.1, 0.15) is 0 Å². The van der Waals surface area contributed by atoms with Crippen LogP contribution in [0.5, 0.6) is 0 Å². The molecule has 5 heteroatoms. The van der Waals surface area contributed by atoms with E-state index in [1.54, 1.807) is 20.8 Å². The van der Waals surface area contributed by atoms with Crippen molar-refractivity contribution in [2.75, 3.05) is 7.11 Å². The van der Waals surface area contributed by atoms with Crippen LogP contribution in [0.3, 0.4) is 0 Å². The maximum absolute atomic E-state index is 11.9. The van der Waals surface area contributed by atoms with E-state index in [0.29, 0.717) is 6.42 Å². The molecule has 0 saturated carbocycles. The van der Waals surface area contributed by atoms with Crippen LogP contribution < -0.4 is 4.46 Å². The first-order valence-electron chi connectivity index (χ1n) is 6.81. The first kappa shape index (κ1) is 17.9. The van der Waals surface area contributed by atoms with E-state index in [9.17, 15) is 9.59 Å². The van der Waals surface area contributed by atoms with Crippen molar-refractivity contribution in [1.29, 1.82) is 0 Å². The van der Waals surface area contributed by atoms with Crippen molar-refractivity contribution in [3.05, 3.63) is 30.3 Å². The van der Waals surface area contributed by atoms with Crippen LogP contribution in [0.2, 0.25) is 5.32 Å². The maximum atomic E-state index is 11.9. The number of rotatable bonds is 6. The SMILES string of the molecule is CO[C@H](CC[Se]c1ccccc1)C(=O)OC(=O)C(C)(C)C. The summed E-state index contributed by atoms with van der Waals surface area (Å²) in [5.41, 5.74) is -0.693. The number of carbonyl (C=O) groups excluding carboxylic acids is 2. The van der Waals surface area contributed by atoms with E-state index in [1.165, 1.54) is 11.6 Å². The molecule has 0 aromatic heterocycles. The van der Waals surface area contributed by atoms with Gasteiger partial charge in [0.25, 0.3) is 0 Å². The van der Waals surface area contributed by atoms with E-state index in [2.05, 4.69) is 12.1 Å². The van der Waals surface area contributed by atoms with Gasteiger partial charge in [-0.25, -0.2) is 0 Å². The van der Waals surface area contributed by atoms with Gasteiger partial charge < -0.3 is 0 Å². The summed E-state index contributed by atoms with van der Waals surface area (Å²) < 4.78 is 11.3. The van der Waals surface area contributed by atoms with E-state index in [0.717, 1.165) is 5.32 Å². The Morgan fingerprint density at radius 3 is 2.33 bits per heavy atom. The van der Waals surface area contributed by atoms with Crippen molar-refractivity contribution in [3.8, 4) is 0 Å². The summed E-state index contributed by atoms with van der Waals surface area (Å²) in [4.78, 5) is 23.6. The zero-order valence-electron chi connectivity index (χ0n) is 12.9. The van der Waals surface area contributed by atoms with Gasteiger partial charge in [-0.2, -0.15) is 0 Å². The van der Waals surface area contributed by atoms with Crippen LogP contribution in [0, 0.1) is 5.41 Å². The van der Waals surface area contributed by atoms with Gasteiger partial charge in [0.05, 0.1) is 0 Å². The fourth-order valence-corrected chi connectivity index (χ4v) is 3.37. The van der Waals surface area contributed by atoms with Gasteiger partial charge in [0, 0.05) is 0 Å². The van der Waals surface area contributed by atoms with Gasteiger partial charge in [-0.3, -0.25) is 0 Å². The fourth-order valence-electron chi connectivity index (χ4n) is 1.44. The van der Waals surface area contributed by atoms with Gasteiger partial charge in [-0.15, -0.1) is 0 Å². The van der Waals surface area contributed by atoms with Crippen LogP contribution in [-0.4, -0.2) is 40.1 Å². The van der Waals surface area contributed by atoms with Crippen molar-refractivity contribution in [1.82, 2.24) is 0 Å². The number of methoxy groups -OCH3 is 1. The Morgan fingerprint density at radius 2 is 1.81 bits per heavy atom. The minimum atomic E-state index is -0.693. The number of esters is 2. The predicted molar refractivity (Wildman–Crippen MR) is 82.6 cm³/mol. The standard InChI is InChI=1S/C16H22O4Se/c1-16(2,3)15(18)20-14(17)13(19-4)10-11-21-12-8-6-5-7-9-12/h5-9,13H,10-11H2,1-4H3/t13-/m1/s1. The van der Waals surface area contributed by atoms with Gasteiger partial charge in [-0.1, -0.05) is 0 Å². The summed E-state index contributed by atoms with van der Waals surface area (Å²) in [5, 5.41) is 0.855. The summed E-state index contributed by atoms with van der Waals surface area (Å²) in [6, 6.07) is 10.1. The molecule has 0 heterocycles. The molecule has 0 aliphatic heterocycles. The van der Waals surface area contributed by atoms with E-state index in [1.807, 2.05) is 18.2 Å². The molecule has 0 radical (unpaired) electrons. The fraction of sp³-hybridized carbons (Fsp3) is 0.500. The molecule has 1 aromatic carbocycles. The number of hydrogen-bond donors (Lipinski definition) is 0. The molecular weight excluding hydrogens is 335 g/mol. The molecule has 0 aliphatic rings. The summed E-state index contributed by atoms with van der Waals surface area (Å²) in [6.45, 7) is 5.13. The Labute approximate surface area is 132 Å². The van der Waals surface area contributed by atoms with Crippen molar-refractivity contribution in [2.45, 2.75) is 38.6 Å². The Balaban J connectivity index is 2.44. The molecule has 0 saturated heterocycles. The van der Waals surface area contributed by atoms with Crippen molar-refractivity contribution in [3.63, 3.8) is 0 Å². The molecule has 4 nitrogen and oxygen atoms in total. The van der Waals surface area contributed by atoms with Crippen molar-refractivity contribution < 1.29 is 19.1 Å². The summed E-state index contributed by atoms with van der Waals surface area (Å²) in [7, 11) is 1.46. The Bertz CT molecular complexity index is 465. The molecule has 0 amide bonds. The minimum absolute atomic E-state index is 0.284. The molecule has 1 atom stereocenters. The second-order valence-electron chi connectivity index (χ2n) is 5.63. The summed E-state index contributed by atoms with van der Waals surface area (Å²) >= 11 is 0.284. The number of hydrogen-bond acceptors (Lipinski definition) is 4. The third-order valence-corrected chi connectivity index (χ3v) is 4.94. The predicted octanol–water partition coefficient (Wildman–Crippen LogP) is 1.96. The molecule has 1 aromatic rings. The van der Waals surface area contributed by atoms with Crippen LogP contribution in [-0.2, 0) is 19.1 Å². The molecular formula is C16H22O4Se. The van der Waals surface area contributed by atoms with Crippen LogP contribution in [0.15, 0.2) is 30.3 Å². The van der Waals surface area contributed by atoms with E-state index < -0.39 is 23.5 Å².